The van der Waals surface area contributed by atoms with Crippen LogP contribution in [0.1, 0.15) is 25.0 Å². The molecule has 1 aromatic rings. The standard InChI is InChI=1S/C12H18OS/c1-10(2)7-11-5-4-6-12(8-11)9-14(3)13/h4-6,8,10H,7,9H2,1-3H3. The third kappa shape index (κ3) is 4.05. The SMILES string of the molecule is CC(C)Cc1cccc(CS(C)=O)c1. The Morgan fingerprint density at radius 2 is 1.93 bits per heavy atom. The van der Waals surface area contributed by atoms with Gasteiger partial charge in [-0.15, -0.1) is 0 Å². The molecule has 0 bridgehead atoms. The minimum absolute atomic E-state index is 0.673. The van der Waals surface area contributed by atoms with E-state index in [9.17, 15) is 4.21 Å². The van der Waals surface area contributed by atoms with Crippen molar-refractivity contribution < 1.29 is 4.21 Å². The minimum atomic E-state index is -0.737. The molecule has 0 amide bonds. The van der Waals surface area contributed by atoms with Crippen molar-refractivity contribution in [2.45, 2.75) is 26.0 Å². The summed E-state index contributed by atoms with van der Waals surface area (Å²) in [7, 11) is -0.737. The summed E-state index contributed by atoms with van der Waals surface area (Å²) in [6, 6.07) is 8.41. The number of hydrogen-bond acceptors (Lipinski definition) is 1. The van der Waals surface area contributed by atoms with Crippen LogP contribution in [0, 0.1) is 5.92 Å². The molecule has 0 aliphatic carbocycles. The van der Waals surface area contributed by atoms with Crippen LogP contribution in [-0.2, 0) is 23.0 Å². The van der Waals surface area contributed by atoms with E-state index in [1.807, 2.05) is 6.07 Å². The highest BCUT2D eigenvalue weighted by Crippen LogP contribution is 2.11. The van der Waals surface area contributed by atoms with Gasteiger partial charge in [0.15, 0.2) is 0 Å². The molecule has 0 aliphatic heterocycles. The van der Waals surface area contributed by atoms with E-state index in [1.54, 1.807) is 6.26 Å². The van der Waals surface area contributed by atoms with Gasteiger partial charge in [-0.05, 0) is 23.5 Å². The third-order valence-corrected chi connectivity index (χ3v) is 2.75. The van der Waals surface area contributed by atoms with Gasteiger partial charge in [-0.2, -0.15) is 0 Å². The van der Waals surface area contributed by atoms with Crippen molar-refractivity contribution in [2.24, 2.45) is 5.92 Å². The van der Waals surface area contributed by atoms with E-state index in [2.05, 4.69) is 32.0 Å². The Labute approximate surface area is 89.0 Å². The van der Waals surface area contributed by atoms with Gasteiger partial charge in [0.2, 0.25) is 0 Å². The molecule has 1 rings (SSSR count). The zero-order chi connectivity index (χ0) is 10.6. The van der Waals surface area contributed by atoms with Crippen molar-refractivity contribution in [2.75, 3.05) is 6.26 Å². The van der Waals surface area contributed by atoms with Gasteiger partial charge in [0.1, 0.15) is 0 Å². The van der Waals surface area contributed by atoms with E-state index >= 15 is 0 Å². The first-order chi connectivity index (χ1) is 6.58. The molecule has 1 nitrogen and oxygen atoms in total. The molecule has 0 radical (unpaired) electrons. The summed E-state index contributed by atoms with van der Waals surface area (Å²) in [5.74, 6) is 1.35. The van der Waals surface area contributed by atoms with E-state index in [4.69, 9.17) is 0 Å². The molecular weight excluding hydrogens is 192 g/mol. The lowest BCUT2D eigenvalue weighted by Gasteiger charge is -2.06. The predicted molar refractivity (Wildman–Crippen MR) is 62.8 cm³/mol. The van der Waals surface area contributed by atoms with Crippen LogP contribution in [0.25, 0.3) is 0 Å². The van der Waals surface area contributed by atoms with Gasteiger partial charge in [-0.3, -0.25) is 4.21 Å². The summed E-state index contributed by atoms with van der Waals surface area (Å²) in [6.07, 6.45) is 2.85. The van der Waals surface area contributed by atoms with Crippen molar-refractivity contribution in [3.8, 4) is 0 Å². The topological polar surface area (TPSA) is 17.1 Å². The Bertz CT molecular complexity index is 318. The molecule has 0 aliphatic rings. The maximum Gasteiger partial charge on any atom is 0.0482 e. The monoisotopic (exact) mass is 210 g/mol. The molecule has 0 N–H and O–H groups in total. The maximum atomic E-state index is 11.1. The molecule has 0 saturated carbocycles. The van der Waals surface area contributed by atoms with Crippen LogP contribution in [0.15, 0.2) is 24.3 Å². The number of benzene rings is 1. The molecule has 2 heteroatoms. The fourth-order valence-corrected chi connectivity index (χ4v) is 2.20. The molecule has 0 spiro atoms. The summed E-state index contributed by atoms with van der Waals surface area (Å²) in [4.78, 5) is 0. The minimum Gasteiger partial charge on any atom is -0.260 e. The van der Waals surface area contributed by atoms with E-state index in [0.29, 0.717) is 11.7 Å². The Hall–Kier alpha value is -0.630. The first kappa shape index (κ1) is 11.4. The van der Waals surface area contributed by atoms with Gasteiger partial charge in [-0.25, -0.2) is 0 Å². The summed E-state index contributed by atoms with van der Waals surface area (Å²) >= 11 is 0. The maximum absolute atomic E-state index is 11.1. The van der Waals surface area contributed by atoms with Crippen LogP contribution in [0.5, 0.6) is 0 Å². The summed E-state index contributed by atoms with van der Waals surface area (Å²) < 4.78 is 11.1. The van der Waals surface area contributed by atoms with Crippen molar-refractivity contribution in [1.82, 2.24) is 0 Å². The largest absolute Gasteiger partial charge is 0.260 e. The zero-order valence-electron chi connectivity index (χ0n) is 9.12. The van der Waals surface area contributed by atoms with Crippen LogP contribution in [0.2, 0.25) is 0 Å². The van der Waals surface area contributed by atoms with E-state index < -0.39 is 10.8 Å². The zero-order valence-corrected chi connectivity index (χ0v) is 9.93. The molecule has 0 fully saturated rings. The lowest BCUT2D eigenvalue weighted by atomic mass is 10.0. The van der Waals surface area contributed by atoms with Crippen LogP contribution in [0.3, 0.4) is 0 Å². The second kappa shape index (κ2) is 5.30. The highest BCUT2D eigenvalue weighted by Gasteiger charge is 2.00. The molecule has 78 valence electrons. The molecule has 14 heavy (non-hydrogen) atoms. The lowest BCUT2D eigenvalue weighted by Crippen LogP contribution is -1.97. The van der Waals surface area contributed by atoms with E-state index in [0.717, 1.165) is 6.42 Å². The second-order valence-electron chi connectivity index (χ2n) is 4.14. The highest BCUT2D eigenvalue weighted by atomic mass is 32.2. The fourth-order valence-electron chi connectivity index (χ4n) is 1.55. The Morgan fingerprint density at radius 3 is 2.50 bits per heavy atom. The van der Waals surface area contributed by atoms with Crippen molar-refractivity contribution in [3.05, 3.63) is 35.4 Å². The Kier molecular flexibility index (Phi) is 4.33. The first-order valence-corrected chi connectivity index (χ1v) is 6.68. The predicted octanol–water partition coefficient (Wildman–Crippen LogP) is 2.76. The van der Waals surface area contributed by atoms with Crippen LogP contribution in [-0.4, -0.2) is 10.5 Å². The summed E-state index contributed by atoms with van der Waals surface area (Å²) in [6.45, 7) is 4.43. The average Bonchev–Trinajstić information content (AvgIpc) is 2.01. The average molecular weight is 210 g/mol. The van der Waals surface area contributed by atoms with Gasteiger partial charge >= 0.3 is 0 Å². The van der Waals surface area contributed by atoms with Gasteiger partial charge in [0.25, 0.3) is 0 Å². The van der Waals surface area contributed by atoms with Crippen LogP contribution in [0.4, 0.5) is 0 Å². The van der Waals surface area contributed by atoms with Crippen molar-refractivity contribution >= 4 is 10.8 Å². The van der Waals surface area contributed by atoms with Crippen molar-refractivity contribution in [1.29, 1.82) is 0 Å². The summed E-state index contributed by atoms with van der Waals surface area (Å²) in [5, 5.41) is 0. The van der Waals surface area contributed by atoms with Gasteiger partial charge in [0.05, 0.1) is 0 Å². The smallest absolute Gasteiger partial charge is 0.0482 e. The third-order valence-electron chi connectivity index (χ3n) is 2.01. The Morgan fingerprint density at radius 1 is 1.29 bits per heavy atom. The number of hydrogen-bond donors (Lipinski definition) is 0. The molecule has 1 atom stereocenters. The molecule has 1 unspecified atom stereocenters. The van der Waals surface area contributed by atoms with E-state index in [-0.39, 0.29) is 0 Å². The normalized spacial score (nSPS) is 13.1. The number of rotatable bonds is 4. The first-order valence-electron chi connectivity index (χ1n) is 4.96. The van der Waals surface area contributed by atoms with Gasteiger partial charge in [-0.1, -0.05) is 38.1 Å². The molecular formula is C12H18OS. The Balaban J connectivity index is 2.73. The highest BCUT2D eigenvalue weighted by molar-refractivity contribution is 7.83. The van der Waals surface area contributed by atoms with Crippen LogP contribution < -0.4 is 0 Å². The van der Waals surface area contributed by atoms with Gasteiger partial charge < -0.3 is 0 Å². The second-order valence-corrected chi connectivity index (χ2v) is 5.57. The molecule has 0 aromatic heterocycles. The van der Waals surface area contributed by atoms with Crippen LogP contribution >= 0.6 is 0 Å². The summed E-state index contributed by atoms with van der Waals surface area (Å²) in [5.41, 5.74) is 2.53. The molecule has 1 aromatic carbocycles. The quantitative estimate of drug-likeness (QED) is 0.747. The fraction of sp³-hybridized carbons (Fsp3) is 0.500. The van der Waals surface area contributed by atoms with Crippen molar-refractivity contribution in [3.63, 3.8) is 0 Å². The lowest BCUT2D eigenvalue weighted by molar-refractivity contribution is 0.647. The molecule has 0 saturated heterocycles. The molecule has 0 heterocycles. The van der Waals surface area contributed by atoms with Gasteiger partial charge in [0, 0.05) is 22.8 Å². The van der Waals surface area contributed by atoms with E-state index in [1.165, 1.54) is 11.1 Å².